The number of aliphatic carboxylic acids is 1. The topological polar surface area (TPSA) is 356 Å². The Balaban J connectivity index is 1.12. The van der Waals surface area contributed by atoms with Crippen LogP contribution in [0.1, 0.15) is 87.0 Å². The molecule has 0 bridgehead atoms. The van der Waals surface area contributed by atoms with Gasteiger partial charge in [0, 0.05) is 5.41 Å². The summed E-state index contributed by atoms with van der Waals surface area (Å²) in [6, 6.07) is 0. The van der Waals surface area contributed by atoms with Gasteiger partial charge in [0.2, 0.25) is 0 Å². The highest BCUT2D eigenvalue weighted by Crippen LogP contribution is 2.76. The number of carboxylic acid groups (broad SMARTS) is 1. The van der Waals surface area contributed by atoms with E-state index in [0.717, 1.165) is 5.57 Å². The third-order valence-corrected chi connectivity index (χ3v) is 19.5. The van der Waals surface area contributed by atoms with E-state index in [0.29, 0.717) is 38.5 Å². The summed E-state index contributed by atoms with van der Waals surface area (Å²) in [5.41, 5.74) is -4.33. The molecule has 3 saturated heterocycles. The first kappa shape index (κ1) is 52.8. The molecule has 0 aromatic rings. The summed E-state index contributed by atoms with van der Waals surface area (Å²) in [4.78, 5) is 12.8. The van der Waals surface area contributed by atoms with Crippen LogP contribution in [0.2, 0.25) is 0 Å². The van der Waals surface area contributed by atoms with Gasteiger partial charge in [-0.15, -0.1) is 0 Å². The van der Waals surface area contributed by atoms with Gasteiger partial charge in [-0.2, -0.15) is 0 Å². The summed E-state index contributed by atoms with van der Waals surface area (Å²) >= 11 is 0. The van der Waals surface area contributed by atoms with Crippen molar-refractivity contribution in [3.63, 3.8) is 0 Å². The van der Waals surface area contributed by atoms with Gasteiger partial charge in [0.1, 0.15) is 61.0 Å². The highest BCUT2D eigenvalue weighted by atomic mass is 16.8. The zero-order valence-electron chi connectivity index (χ0n) is 39.8. The number of allylic oxidation sites excluding steroid dienone is 1. The number of hydrogen-bond acceptors (Lipinski definition) is 20. The molecule has 21 nitrogen and oxygen atoms in total. The average molecular weight is 977 g/mol. The minimum Gasteiger partial charge on any atom is -0.479 e. The minimum atomic E-state index is -2.10. The van der Waals surface area contributed by atoms with E-state index in [1.807, 2.05) is 34.6 Å². The maximum atomic E-state index is 12.8. The average Bonchev–Trinajstić information content (AvgIpc) is 3.55. The van der Waals surface area contributed by atoms with Gasteiger partial charge in [-0.1, -0.05) is 60.1 Å². The quantitative estimate of drug-likeness (QED) is 0.0778. The van der Waals surface area contributed by atoms with Gasteiger partial charge in [-0.3, -0.25) is 0 Å². The Kier molecular flexibility index (Phi) is 14.1. The maximum Gasteiger partial charge on any atom is 0.335 e. The molecule has 4 saturated carbocycles. The van der Waals surface area contributed by atoms with Crippen molar-refractivity contribution < 1.29 is 105 Å². The normalized spacial score (nSPS) is 55.3. The lowest BCUT2D eigenvalue weighted by molar-refractivity contribution is -0.386. The minimum absolute atomic E-state index is 0.0771. The summed E-state index contributed by atoms with van der Waals surface area (Å²) < 4.78 is 36.2. The monoisotopic (exact) mass is 976 g/mol. The fourth-order valence-electron chi connectivity index (χ4n) is 15.2. The molecule has 14 N–H and O–H groups in total. The molecule has 0 amide bonds. The molecule has 68 heavy (non-hydrogen) atoms. The molecule has 8 aliphatic rings. The first-order valence-electron chi connectivity index (χ1n) is 24.1. The van der Waals surface area contributed by atoms with Crippen molar-refractivity contribution >= 4 is 5.97 Å². The van der Waals surface area contributed by atoms with Gasteiger partial charge >= 0.3 is 5.97 Å². The number of fused-ring (bicyclic) bond motifs is 7. The number of rotatable bonds is 10. The molecule has 0 spiro atoms. The Morgan fingerprint density at radius 2 is 1.19 bits per heavy atom. The number of aliphatic hydroxyl groups excluding tert-OH is 13. The molecule has 0 unspecified atom stereocenters. The van der Waals surface area contributed by atoms with Crippen LogP contribution in [0.3, 0.4) is 0 Å². The van der Waals surface area contributed by atoms with Crippen LogP contribution in [0.25, 0.3) is 0 Å². The Hall–Kier alpha value is -1.55. The van der Waals surface area contributed by atoms with Crippen molar-refractivity contribution in [2.24, 2.45) is 50.2 Å². The predicted molar refractivity (Wildman–Crippen MR) is 230 cm³/mol. The molecule has 26 atom stereocenters. The molecule has 0 radical (unpaired) electrons. The SMILES string of the molecule is CC1(C)C[C@H]2C3=CC[C@@H]4[C@@]5(C)CC[C@H](O[C@@H]6O[C@H](C(=O)O)[C@@H](O)[C@H](O[C@@H]7O[C@@H](CO)[C@H](O)[C@H]7O)[C@H]6O[C@@H]6O[C@H](CO)[C@H](O)[C@H](O)[C@H]6O)C(C)(C)[C@@H]5CC[C@@]4(C)[C@]3(C)[C@@H](O)[C@@H](O)[C@@]2(CO)[C@@H](O)[C@@H]1O. The molecule has 390 valence electrons. The first-order valence-corrected chi connectivity index (χ1v) is 24.1. The van der Waals surface area contributed by atoms with E-state index in [1.54, 1.807) is 0 Å². The van der Waals surface area contributed by atoms with Gasteiger partial charge in [-0.05, 0) is 77.9 Å². The van der Waals surface area contributed by atoms with Gasteiger partial charge in [-0.25, -0.2) is 4.79 Å². The lowest BCUT2D eigenvalue weighted by atomic mass is 9.32. The first-order chi connectivity index (χ1) is 31.6. The van der Waals surface area contributed by atoms with E-state index in [-0.39, 0.29) is 11.8 Å². The molecule has 0 aromatic carbocycles. The van der Waals surface area contributed by atoms with Crippen molar-refractivity contribution in [3.8, 4) is 0 Å². The molecule has 0 aromatic heterocycles. The van der Waals surface area contributed by atoms with Crippen LogP contribution in [0.15, 0.2) is 11.6 Å². The van der Waals surface area contributed by atoms with Crippen LogP contribution in [0, 0.1) is 50.2 Å². The Bertz CT molecular complexity index is 1880. The highest BCUT2D eigenvalue weighted by Gasteiger charge is 2.75. The standard InChI is InChI=1S/C47H76O21/c1-42(2)14-19-18-8-9-23-44(5)12-11-24(43(3,4)22(44)10-13-45(23,6)46(18,7)35(58)37(60)47(19,17-50)36(59)34(42)57)65-41-33(68-40-29(55)27(53)25(51)20(15-48)63-40)31(30(56)32(67-41)38(61)62)66-39-28(54)26(52)21(16-49)64-39/h8,19-37,39-41,48-60H,9-17H2,1-7H3,(H,61,62)/t19-,20+,21-,22-,23+,24-,25-,26-,27-,28+,29+,30-,31-,32-,33+,34-,35-,36-,37+,39-,40-,41+,44-,45+,46-,47+/m0/s1. The van der Waals surface area contributed by atoms with E-state index in [4.69, 9.17) is 28.4 Å². The Morgan fingerprint density at radius 3 is 1.76 bits per heavy atom. The number of ether oxygens (including phenoxy) is 6. The van der Waals surface area contributed by atoms with Crippen LogP contribution < -0.4 is 0 Å². The molecule has 8 rings (SSSR count). The van der Waals surface area contributed by atoms with Crippen molar-refractivity contribution in [2.75, 3.05) is 19.8 Å². The van der Waals surface area contributed by atoms with E-state index < -0.39 is 181 Å². The Labute approximate surface area is 395 Å². The van der Waals surface area contributed by atoms with Crippen LogP contribution in [-0.4, -0.2) is 214 Å². The molecule has 21 heteroatoms. The second-order valence-corrected chi connectivity index (χ2v) is 23.3. The highest BCUT2D eigenvalue weighted by molar-refractivity contribution is 5.73. The van der Waals surface area contributed by atoms with Gasteiger partial charge in [0.15, 0.2) is 25.0 Å². The molecule has 5 aliphatic carbocycles. The summed E-state index contributed by atoms with van der Waals surface area (Å²) in [6.07, 6.45) is -26.4. The molecular formula is C47H76O21. The smallest absolute Gasteiger partial charge is 0.335 e. The van der Waals surface area contributed by atoms with Crippen molar-refractivity contribution in [1.29, 1.82) is 0 Å². The van der Waals surface area contributed by atoms with Crippen LogP contribution in [0.4, 0.5) is 0 Å². The van der Waals surface area contributed by atoms with Crippen LogP contribution in [-0.2, 0) is 33.2 Å². The van der Waals surface area contributed by atoms with Gasteiger partial charge in [0.25, 0.3) is 0 Å². The van der Waals surface area contributed by atoms with E-state index in [9.17, 15) is 76.3 Å². The lowest BCUT2D eigenvalue weighted by Crippen LogP contribution is -2.76. The fraction of sp³-hybridized carbons (Fsp3) is 0.936. The van der Waals surface area contributed by atoms with Gasteiger partial charge < -0.3 is 99.9 Å². The summed E-state index contributed by atoms with van der Waals surface area (Å²) in [5.74, 6) is -2.36. The summed E-state index contributed by atoms with van der Waals surface area (Å²) in [5, 5.41) is 154. The van der Waals surface area contributed by atoms with Crippen molar-refractivity contribution in [3.05, 3.63) is 11.6 Å². The van der Waals surface area contributed by atoms with Crippen molar-refractivity contribution in [1.82, 2.24) is 0 Å². The zero-order chi connectivity index (χ0) is 50.2. The maximum absolute atomic E-state index is 12.8. The molecule has 3 aliphatic heterocycles. The number of carbonyl (C=O) groups is 1. The third kappa shape index (κ3) is 7.46. The van der Waals surface area contributed by atoms with E-state index in [2.05, 4.69) is 19.9 Å². The number of carboxylic acids is 1. The molecular weight excluding hydrogens is 900 g/mol. The van der Waals surface area contributed by atoms with Crippen LogP contribution in [0.5, 0.6) is 0 Å². The molecule has 3 heterocycles. The summed E-state index contributed by atoms with van der Waals surface area (Å²) in [6.45, 7) is 11.9. The fourth-order valence-corrected chi connectivity index (χ4v) is 15.2. The van der Waals surface area contributed by atoms with Crippen LogP contribution >= 0.6 is 0 Å². The van der Waals surface area contributed by atoms with E-state index in [1.165, 1.54) is 0 Å². The Morgan fingerprint density at radius 1 is 0.632 bits per heavy atom. The number of aliphatic hydroxyl groups is 13. The number of hydrogen-bond donors (Lipinski definition) is 14. The molecule has 7 fully saturated rings. The second-order valence-electron chi connectivity index (χ2n) is 23.3. The third-order valence-electron chi connectivity index (χ3n) is 19.5. The zero-order valence-corrected chi connectivity index (χ0v) is 39.8. The largest absolute Gasteiger partial charge is 0.479 e. The summed E-state index contributed by atoms with van der Waals surface area (Å²) in [7, 11) is 0. The lowest BCUT2D eigenvalue weighted by Gasteiger charge is -2.73. The van der Waals surface area contributed by atoms with E-state index >= 15 is 0 Å². The van der Waals surface area contributed by atoms with Crippen molar-refractivity contribution in [2.45, 2.75) is 204 Å². The van der Waals surface area contributed by atoms with Gasteiger partial charge in [0.05, 0.1) is 55.8 Å². The predicted octanol–water partition coefficient (Wildman–Crippen LogP) is -2.77. The second kappa shape index (κ2) is 18.1.